The lowest BCUT2D eigenvalue weighted by atomic mass is 10.1. The first-order valence-electron chi connectivity index (χ1n) is 8.41. The van der Waals surface area contributed by atoms with Gasteiger partial charge in [0.15, 0.2) is 11.5 Å². The molecular weight excluding hydrogens is 332 g/mol. The van der Waals surface area contributed by atoms with Crippen molar-refractivity contribution in [2.75, 3.05) is 13.3 Å². The lowest BCUT2D eigenvalue weighted by molar-refractivity contribution is 0.0953. The number of aryl methyl sites for hydroxylation is 1. The molecule has 0 spiro atoms. The van der Waals surface area contributed by atoms with Crippen LogP contribution in [-0.4, -0.2) is 24.4 Å². The Morgan fingerprint density at radius 3 is 2.77 bits per heavy atom. The summed E-state index contributed by atoms with van der Waals surface area (Å²) < 4.78 is 15.9. The van der Waals surface area contributed by atoms with Crippen LogP contribution in [0.2, 0.25) is 0 Å². The number of carbonyl (C=O) groups excluding carboxylic acids is 1. The van der Waals surface area contributed by atoms with Gasteiger partial charge in [-0.1, -0.05) is 41.6 Å². The Hall–Kier alpha value is -3.28. The summed E-state index contributed by atoms with van der Waals surface area (Å²) in [6.07, 6.45) is 0.688. The highest BCUT2D eigenvalue weighted by Gasteiger charge is 2.21. The van der Waals surface area contributed by atoms with Gasteiger partial charge in [-0.05, 0) is 31.0 Å². The van der Waals surface area contributed by atoms with Gasteiger partial charge in [-0.2, -0.15) is 0 Å². The Kier molecular flexibility index (Phi) is 4.31. The van der Waals surface area contributed by atoms with Crippen LogP contribution in [0.4, 0.5) is 0 Å². The molecule has 1 aliphatic rings. The molecule has 0 bridgehead atoms. The first-order valence-corrected chi connectivity index (χ1v) is 8.41. The van der Waals surface area contributed by atoms with Gasteiger partial charge in [-0.15, -0.1) is 0 Å². The van der Waals surface area contributed by atoms with Crippen LogP contribution in [0.1, 0.15) is 21.7 Å². The van der Waals surface area contributed by atoms with Crippen LogP contribution in [0.5, 0.6) is 11.5 Å². The second-order valence-corrected chi connectivity index (χ2v) is 6.02. The predicted molar refractivity (Wildman–Crippen MR) is 95.3 cm³/mol. The zero-order valence-corrected chi connectivity index (χ0v) is 14.3. The lowest BCUT2D eigenvalue weighted by Crippen LogP contribution is -2.26. The zero-order valence-electron chi connectivity index (χ0n) is 14.3. The van der Waals surface area contributed by atoms with Crippen molar-refractivity contribution in [3.05, 3.63) is 65.4 Å². The fourth-order valence-corrected chi connectivity index (χ4v) is 2.94. The predicted octanol–water partition coefficient (Wildman–Crippen LogP) is 3.35. The summed E-state index contributed by atoms with van der Waals surface area (Å²) in [5, 5.41) is 6.99. The summed E-state index contributed by atoms with van der Waals surface area (Å²) in [4.78, 5) is 12.6. The molecule has 6 nitrogen and oxygen atoms in total. The summed E-state index contributed by atoms with van der Waals surface area (Å²) in [6, 6.07) is 15.3. The third-order valence-corrected chi connectivity index (χ3v) is 4.27. The third-order valence-electron chi connectivity index (χ3n) is 4.27. The summed E-state index contributed by atoms with van der Waals surface area (Å²) in [6.45, 7) is 2.49. The van der Waals surface area contributed by atoms with Gasteiger partial charge in [-0.25, -0.2) is 0 Å². The van der Waals surface area contributed by atoms with Gasteiger partial charge in [-0.3, -0.25) is 4.79 Å². The van der Waals surface area contributed by atoms with Gasteiger partial charge in [0.05, 0.1) is 0 Å². The fraction of sp³-hybridized carbons (Fsp3) is 0.200. The van der Waals surface area contributed by atoms with Gasteiger partial charge in [0.1, 0.15) is 17.0 Å². The number of hydrogen-bond acceptors (Lipinski definition) is 5. The Morgan fingerprint density at radius 2 is 1.92 bits per heavy atom. The quantitative estimate of drug-likeness (QED) is 0.764. The summed E-state index contributed by atoms with van der Waals surface area (Å²) in [7, 11) is 0. The van der Waals surface area contributed by atoms with E-state index >= 15 is 0 Å². The van der Waals surface area contributed by atoms with Crippen LogP contribution in [0, 0.1) is 6.92 Å². The average Bonchev–Trinajstić information content (AvgIpc) is 3.28. The van der Waals surface area contributed by atoms with Crippen LogP contribution in [0.15, 0.2) is 53.1 Å². The normalized spacial score (nSPS) is 12.2. The third kappa shape index (κ3) is 3.13. The average molecular weight is 350 g/mol. The maximum absolute atomic E-state index is 12.6. The van der Waals surface area contributed by atoms with Crippen LogP contribution >= 0.6 is 0 Å². The molecule has 0 aliphatic carbocycles. The Labute approximate surface area is 150 Å². The van der Waals surface area contributed by atoms with Crippen molar-refractivity contribution in [1.82, 2.24) is 10.5 Å². The Balaban J connectivity index is 1.44. The molecule has 1 aromatic heterocycles. The molecule has 1 aliphatic heterocycles. The summed E-state index contributed by atoms with van der Waals surface area (Å²) in [5.41, 5.74) is 2.95. The largest absolute Gasteiger partial charge is 0.454 e. The van der Waals surface area contributed by atoms with E-state index in [2.05, 4.69) is 10.5 Å². The first-order chi connectivity index (χ1) is 12.7. The van der Waals surface area contributed by atoms with Gasteiger partial charge in [0, 0.05) is 12.1 Å². The van der Waals surface area contributed by atoms with Gasteiger partial charge >= 0.3 is 0 Å². The van der Waals surface area contributed by atoms with Crippen molar-refractivity contribution >= 4 is 5.91 Å². The molecular formula is C20H18N2O4. The number of fused-ring (bicyclic) bond motifs is 1. The van der Waals surface area contributed by atoms with Gasteiger partial charge in [0.2, 0.25) is 6.79 Å². The second-order valence-electron chi connectivity index (χ2n) is 6.02. The van der Waals surface area contributed by atoms with Crippen molar-refractivity contribution in [2.45, 2.75) is 13.3 Å². The zero-order chi connectivity index (χ0) is 17.9. The highest BCUT2D eigenvalue weighted by atomic mass is 16.7. The highest BCUT2D eigenvalue weighted by Crippen LogP contribution is 2.32. The molecule has 26 heavy (non-hydrogen) atoms. The van der Waals surface area contributed by atoms with Gasteiger partial charge in [0.25, 0.3) is 5.91 Å². The van der Waals surface area contributed by atoms with E-state index in [1.165, 1.54) is 0 Å². The number of carbonyl (C=O) groups is 1. The van der Waals surface area contributed by atoms with Gasteiger partial charge < -0.3 is 19.3 Å². The molecule has 4 rings (SSSR count). The smallest absolute Gasteiger partial charge is 0.257 e. The maximum Gasteiger partial charge on any atom is 0.257 e. The lowest BCUT2D eigenvalue weighted by Gasteiger charge is -2.07. The molecule has 2 heterocycles. The van der Waals surface area contributed by atoms with E-state index in [-0.39, 0.29) is 12.7 Å². The van der Waals surface area contributed by atoms with Crippen molar-refractivity contribution in [3.63, 3.8) is 0 Å². The number of nitrogens with zero attached hydrogens (tertiary/aromatic N) is 1. The van der Waals surface area contributed by atoms with E-state index < -0.39 is 0 Å². The Bertz CT molecular complexity index is 934. The molecule has 6 heteroatoms. The molecule has 0 fully saturated rings. The van der Waals surface area contributed by atoms with E-state index in [1.807, 2.05) is 48.5 Å². The molecule has 132 valence electrons. The first kappa shape index (κ1) is 16.2. The fourth-order valence-electron chi connectivity index (χ4n) is 2.94. The van der Waals surface area contributed by atoms with Crippen molar-refractivity contribution < 1.29 is 18.8 Å². The number of nitrogens with one attached hydrogen (secondary N) is 1. The molecule has 1 N–H and O–H groups in total. The molecule has 3 aromatic rings. The van der Waals surface area contributed by atoms with E-state index in [4.69, 9.17) is 14.0 Å². The second kappa shape index (κ2) is 6.92. The number of ether oxygens (including phenoxy) is 2. The topological polar surface area (TPSA) is 73.6 Å². The number of rotatable bonds is 5. The minimum Gasteiger partial charge on any atom is -0.454 e. The van der Waals surface area contributed by atoms with Crippen LogP contribution in [-0.2, 0) is 6.42 Å². The highest BCUT2D eigenvalue weighted by molar-refractivity contribution is 6.00. The van der Waals surface area contributed by atoms with Crippen molar-refractivity contribution in [3.8, 4) is 22.8 Å². The van der Waals surface area contributed by atoms with E-state index in [9.17, 15) is 4.79 Å². The van der Waals surface area contributed by atoms with E-state index in [0.29, 0.717) is 30.0 Å². The van der Waals surface area contributed by atoms with E-state index in [1.54, 1.807) is 6.92 Å². The van der Waals surface area contributed by atoms with Crippen molar-refractivity contribution in [2.24, 2.45) is 0 Å². The molecule has 0 atom stereocenters. The van der Waals surface area contributed by atoms with Crippen molar-refractivity contribution in [1.29, 1.82) is 0 Å². The SMILES string of the molecule is Cc1onc(-c2ccccc2)c1C(=O)NCCc1ccc2c(c1)OCO2. The molecule has 0 unspecified atom stereocenters. The molecule has 0 saturated heterocycles. The monoisotopic (exact) mass is 350 g/mol. The Morgan fingerprint density at radius 1 is 1.12 bits per heavy atom. The van der Waals surface area contributed by atoms with Crippen LogP contribution < -0.4 is 14.8 Å². The minimum atomic E-state index is -0.191. The summed E-state index contributed by atoms with van der Waals surface area (Å²) in [5.74, 6) is 1.81. The molecule has 0 saturated carbocycles. The van der Waals surface area contributed by atoms with E-state index in [0.717, 1.165) is 22.6 Å². The number of aromatic nitrogens is 1. The van der Waals surface area contributed by atoms with Crippen LogP contribution in [0.25, 0.3) is 11.3 Å². The minimum absolute atomic E-state index is 0.191. The summed E-state index contributed by atoms with van der Waals surface area (Å²) >= 11 is 0. The standard InChI is InChI=1S/C20H18N2O4/c1-13-18(19(22-26-13)15-5-3-2-4-6-15)20(23)21-10-9-14-7-8-16-17(11-14)25-12-24-16/h2-8,11H,9-10,12H2,1H3,(H,21,23). The molecule has 2 aromatic carbocycles. The molecule has 0 radical (unpaired) electrons. The number of amides is 1. The number of hydrogen-bond donors (Lipinski definition) is 1. The number of benzene rings is 2. The van der Waals surface area contributed by atoms with Crippen LogP contribution in [0.3, 0.4) is 0 Å². The molecule has 1 amide bonds. The maximum atomic E-state index is 12.6.